The van der Waals surface area contributed by atoms with Crippen LogP contribution in [0.4, 0.5) is 0 Å². The predicted molar refractivity (Wildman–Crippen MR) is 65.9 cm³/mol. The van der Waals surface area contributed by atoms with Crippen LogP contribution in [0.2, 0.25) is 0 Å². The topological polar surface area (TPSA) is 0 Å². The molecule has 0 bridgehead atoms. The molecule has 1 heteroatoms. The number of rotatable bonds is 6. The number of hydrogen-bond donors (Lipinski definition) is 0. The zero-order chi connectivity index (χ0) is 10.2. The van der Waals surface area contributed by atoms with Crippen LogP contribution < -0.4 is 0 Å². The van der Waals surface area contributed by atoms with E-state index in [0.29, 0.717) is 0 Å². The molecular weight excluding hydrogens is 188 g/mol. The second-order valence-corrected chi connectivity index (χ2v) is 4.78. The third kappa shape index (κ3) is 4.19. The highest BCUT2D eigenvalue weighted by atomic mass is 32.2. The van der Waals surface area contributed by atoms with Gasteiger partial charge in [-0.15, -0.1) is 11.8 Å². The van der Waals surface area contributed by atoms with E-state index in [0.717, 1.165) is 5.92 Å². The Morgan fingerprint density at radius 2 is 1.86 bits per heavy atom. The maximum atomic E-state index is 2.30. The van der Waals surface area contributed by atoms with E-state index in [1.807, 2.05) is 11.8 Å². The lowest BCUT2D eigenvalue weighted by Gasteiger charge is -2.12. The second-order valence-electron chi connectivity index (χ2n) is 3.69. The summed E-state index contributed by atoms with van der Waals surface area (Å²) >= 11 is 1.99. The van der Waals surface area contributed by atoms with Crippen LogP contribution in [0, 0.1) is 5.92 Å². The number of benzene rings is 1. The third-order valence-corrected chi connectivity index (χ3v) is 3.75. The molecule has 0 fully saturated rings. The molecule has 1 aromatic carbocycles. The van der Waals surface area contributed by atoms with E-state index < -0.39 is 0 Å². The van der Waals surface area contributed by atoms with Crippen LogP contribution in [-0.2, 0) is 0 Å². The molecule has 0 aliphatic carbocycles. The van der Waals surface area contributed by atoms with Gasteiger partial charge in [-0.05, 0) is 24.5 Å². The van der Waals surface area contributed by atoms with Gasteiger partial charge in [-0.1, -0.05) is 44.9 Å². The fourth-order valence-electron chi connectivity index (χ4n) is 1.54. The van der Waals surface area contributed by atoms with Crippen LogP contribution in [0.5, 0.6) is 0 Å². The van der Waals surface area contributed by atoms with E-state index in [1.54, 1.807) is 0 Å². The quantitative estimate of drug-likeness (QED) is 0.615. The number of thioether (sulfide) groups is 1. The van der Waals surface area contributed by atoms with Gasteiger partial charge in [0, 0.05) is 10.6 Å². The summed E-state index contributed by atoms with van der Waals surface area (Å²) in [6.07, 6.45) is 4.00. The summed E-state index contributed by atoms with van der Waals surface area (Å²) in [5.41, 5.74) is 0. The first-order chi connectivity index (χ1) is 6.86. The minimum atomic E-state index is 0.894. The van der Waals surface area contributed by atoms with E-state index in [-0.39, 0.29) is 0 Å². The van der Waals surface area contributed by atoms with Crippen molar-refractivity contribution in [3.8, 4) is 0 Å². The Hall–Kier alpha value is -0.430. The van der Waals surface area contributed by atoms with Crippen LogP contribution in [-0.4, -0.2) is 5.75 Å². The molecule has 0 amide bonds. The SMILES string of the molecule is CCCC(CC)CSc1ccccc1. The lowest BCUT2D eigenvalue weighted by molar-refractivity contribution is 0.517. The molecule has 0 radical (unpaired) electrons. The largest absolute Gasteiger partial charge is 0.126 e. The summed E-state index contributed by atoms with van der Waals surface area (Å²) in [5.74, 6) is 2.17. The first kappa shape index (κ1) is 11.6. The summed E-state index contributed by atoms with van der Waals surface area (Å²) in [4.78, 5) is 1.40. The van der Waals surface area contributed by atoms with Crippen molar-refractivity contribution in [1.29, 1.82) is 0 Å². The van der Waals surface area contributed by atoms with Gasteiger partial charge in [0.05, 0.1) is 0 Å². The van der Waals surface area contributed by atoms with Crippen LogP contribution in [0.1, 0.15) is 33.1 Å². The summed E-state index contributed by atoms with van der Waals surface area (Å²) in [7, 11) is 0. The van der Waals surface area contributed by atoms with Gasteiger partial charge in [-0.25, -0.2) is 0 Å². The van der Waals surface area contributed by atoms with E-state index in [4.69, 9.17) is 0 Å². The van der Waals surface area contributed by atoms with Crippen molar-refractivity contribution in [2.45, 2.75) is 38.0 Å². The van der Waals surface area contributed by atoms with E-state index in [9.17, 15) is 0 Å². The molecule has 0 aliphatic heterocycles. The third-order valence-electron chi connectivity index (χ3n) is 2.50. The minimum Gasteiger partial charge on any atom is -0.126 e. The molecule has 0 aromatic heterocycles. The van der Waals surface area contributed by atoms with Crippen LogP contribution in [0.3, 0.4) is 0 Å². The van der Waals surface area contributed by atoms with Gasteiger partial charge in [-0.2, -0.15) is 0 Å². The van der Waals surface area contributed by atoms with Gasteiger partial charge in [-0.3, -0.25) is 0 Å². The standard InChI is InChI=1S/C13H20S/c1-3-8-12(4-2)11-14-13-9-6-5-7-10-13/h5-7,9-10,12H,3-4,8,11H2,1-2H3. The van der Waals surface area contributed by atoms with Gasteiger partial charge >= 0.3 is 0 Å². The van der Waals surface area contributed by atoms with Gasteiger partial charge in [0.15, 0.2) is 0 Å². The molecule has 0 heterocycles. The van der Waals surface area contributed by atoms with Crippen molar-refractivity contribution in [3.05, 3.63) is 30.3 Å². The zero-order valence-corrected chi connectivity index (χ0v) is 10.0. The molecule has 0 N–H and O–H groups in total. The van der Waals surface area contributed by atoms with Crippen molar-refractivity contribution < 1.29 is 0 Å². The maximum absolute atomic E-state index is 2.30. The van der Waals surface area contributed by atoms with Crippen molar-refractivity contribution in [1.82, 2.24) is 0 Å². The highest BCUT2D eigenvalue weighted by Crippen LogP contribution is 2.23. The molecule has 0 spiro atoms. The lowest BCUT2D eigenvalue weighted by atomic mass is 10.0. The highest BCUT2D eigenvalue weighted by molar-refractivity contribution is 7.99. The van der Waals surface area contributed by atoms with Gasteiger partial charge < -0.3 is 0 Å². The first-order valence-corrected chi connectivity index (χ1v) is 6.53. The zero-order valence-electron chi connectivity index (χ0n) is 9.20. The van der Waals surface area contributed by atoms with Crippen molar-refractivity contribution in [3.63, 3.8) is 0 Å². The molecular formula is C13H20S. The molecule has 14 heavy (non-hydrogen) atoms. The monoisotopic (exact) mass is 208 g/mol. The average Bonchev–Trinajstić information content (AvgIpc) is 2.25. The summed E-state index contributed by atoms with van der Waals surface area (Å²) < 4.78 is 0. The summed E-state index contributed by atoms with van der Waals surface area (Å²) in [5, 5.41) is 0. The predicted octanol–water partition coefficient (Wildman–Crippen LogP) is 4.61. The molecule has 0 aliphatic rings. The molecule has 0 saturated heterocycles. The fraction of sp³-hybridized carbons (Fsp3) is 0.538. The molecule has 1 aromatic rings. The molecule has 0 saturated carbocycles. The Morgan fingerprint density at radius 1 is 1.14 bits per heavy atom. The summed E-state index contributed by atoms with van der Waals surface area (Å²) in [6, 6.07) is 10.7. The second kappa shape index (κ2) is 6.94. The van der Waals surface area contributed by atoms with Crippen LogP contribution in [0.25, 0.3) is 0 Å². The van der Waals surface area contributed by atoms with E-state index in [1.165, 1.54) is 29.9 Å². The normalized spacial score (nSPS) is 12.7. The minimum absolute atomic E-state index is 0.894. The molecule has 1 atom stereocenters. The van der Waals surface area contributed by atoms with Crippen molar-refractivity contribution >= 4 is 11.8 Å². The maximum Gasteiger partial charge on any atom is 0.00720 e. The molecule has 78 valence electrons. The van der Waals surface area contributed by atoms with E-state index >= 15 is 0 Å². The number of hydrogen-bond acceptors (Lipinski definition) is 1. The van der Waals surface area contributed by atoms with Gasteiger partial charge in [0.1, 0.15) is 0 Å². The van der Waals surface area contributed by atoms with Crippen molar-refractivity contribution in [2.24, 2.45) is 5.92 Å². The van der Waals surface area contributed by atoms with Crippen LogP contribution >= 0.6 is 11.8 Å². The molecule has 1 rings (SSSR count). The van der Waals surface area contributed by atoms with Crippen LogP contribution in [0.15, 0.2) is 35.2 Å². The lowest BCUT2D eigenvalue weighted by Crippen LogP contribution is -2.01. The Morgan fingerprint density at radius 3 is 2.43 bits per heavy atom. The fourth-order valence-corrected chi connectivity index (χ4v) is 2.72. The van der Waals surface area contributed by atoms with Gasteiger partial charge in [0.2, 0.25) is 0 Å². The highest BCUT2D eigenvalue weighted by Gasteiger charge is 2.05. The Bertz CT molecular complexity index is 230. The Balaban J connectivity index is 2.32. The Labute approximate surface area is 92.1 Å². The summed E-state index contributed by atoms with van der Waals surface area (Å²) in [6.45, 7) is 4.57. The smallest absolute Gasteiger partial charge is 0.00720 e. The Kier molecular flexibility index (Phi) is 5.77. The first-order valence-electron chi connectivity index (χ1n) is 5.54. The average molecular weight is 208 g/mol. The molecule has 1 unspecified atom stereocenters. The van der Waals surface area contributed by atoms with Gasteiger partial charge in [0.25, 0.3) is 0 Å². The van der Waals surface area contributed by atoms with Crippen molar-refractivity contribution in [2.75, 3.05) is 5.75 Å². The van der Waals surface area contributed by atoms with E-state index in [2.05, 4.69) is 44.2 Å². The molecule has 0 nitrogen and oxygen atoms in total.